The first-order chi connectivity index (χ1) is 10.7. The van der Waals surface area contributed by atoms with Crippen molar-refractivity contribution in [2.24, 2.45) is 0 Å². The summed E-state index contributed by atoms with van der Waals surface area (Å²) in [5, 5.41) is 2.06. The fourth-order valence-electron chi connectivity index (χ4n) is 2.03. The second-order valence-corrected chi connectivity index (χ2v) is 4.76. The van der Waals surface area contributed by atoms with Crippen LogP contribution in [0.15, 0.2) is 60.4 Å². The lowest BCUT2D eigenvalue weighted by molar-refractivity contribution is -0.116. The molecular weight excluding hydrogens is 278 g/mol. The maximum atomic E-state index is 11.4. The first-order valence-corrected chi connectivity index (χ1v) is 6.79. The summed E-state index contributed by atoms with van der Waals surface area (Å²) in [4.78, 5) is 22.3. The molecule has 0 aromatic heterocycles. The van der Waals surface area contributed by atoms with Gasteiger partial charge in [-0.2, -0.15) is 0 Å². The molecule has 0 bridgehead atoms. The minimum atomic E-state index is -0.737. The van der Waals surface area contributed by atoms with Crippen LogP contribution in [0, 0.1) is 0 Å². The number of carbonyl (C=O) groups excluding carboxylic acids is 2. The normalized spacial score (nSPS) is 16.1. The second-order valence-electron chi connectivity index (χ2n) is 4.76. The van der Waals surface area contributed by atoms with Gasteiger partial charge in [0.05, 0.1) is 0 Å². The van der Waals surface area contributed by atoms with Crippen LogP contribution in [0.4, 0.5) is 4.79 Å². The minimum absolute atomic E-state index is 0.0116. The molecule has 1 fully saturated rings. The monoisotopic (exact) mass is 291 g/mol. The number of nitrogens with one attached hydrogen (secondary N) is 1. The van der Waals surface area contributed by atoms with Gasteiger partial charge in [-0.25, -0.2) is 4.79 Å². The summed E-state index contributed by atoms with van der Waals surface area (Å²) in [5.74, 6) is -0.504. The van der Waals surface area contributed by atoms with E-state index in [1.54, 1.807) is 0 Å². The summed E-state index contributed by atoms with van der Waals surface area (Å²) >= 11 is 0. The van der Waals surface area contributed by atoms with E-state index in [9.17, 15) is 9.59 Å². The first-order valence-electron chi connectivity index (χ1n) is 6.79. The van der Waals surface area contributed by atoms with Gasteiger partial charge in [0.2, 0.25) is 0 Å². The Hall–Kier alpha value is -3.14. The van der Waals surface area contributed by atoms with Crippen LogP contribution in [0.5, 0.6) is 0 Å². The summed E-state index contributed by atoms with van der Waals surface area (Å²) in [5.41, 5.74) is 2.96. The number of rotatable bonds is 3. The molecule has 1 aliphatic heterocycles. The predicted octanol–water partition coefficient (Wildman–Crippen LogP) is 3.46. The summed E-state index contributed by atoms with van der Waals surface area (Å²) in [7, 11) is 0. The summed E-state index contributed by atoms with van der Waals surface area (Å²) in [6.07, 6.45) is 4.83. The average Bonchev–Trinajstić information content (AvgIpc) is 2.85. The van der Waals surface area contributed by atoms with Crippen LogP contribution < -0.4 is 5.32 Å². The van der Waals surface area contributed by atoms with Crippen molar-refractivity contribution in [3.8, 4) is 0 Å². The molecule has 2 aromatic carbocycles. The Morgan fingerprint density at radius 1 is 0.773 bits per heavy atom. The molecule has 2 aromatic rings. The molecule has 0 radical (unpaired) electrons. The smallest absolute Gasteiger partial charge is 0.404 e. The third-order valence-electron chi connectivity index (χ3n) is 3.14. The number of hydrogen-bond donors (Lipinski definition) is 1. The zero-order chi connectivity index (χ0) is 15.4. The molecule has 0 spiro atoms. The van der Waals surface area contributed by atoms with Crippen molar-refractivity contribution < 1.29 is 14.3 Å². The highest BCUT2D eigenvalue weighted by Crippen LogP contribution is 2.15. The Morgan fingerprint density at radius 3 is 1.95 bits per heavy atom. The van der Waals surface area contributed by atoms with Crippen molar-refractivity contribution >= 4 is 30.2 Å². The summed E-state index contributed by atoms with van der Waals surface area (Å²) < 4.78 is 4.76. The van der Waals surface area contributed by atoms with Crippen molar-refractivity contribution in [1.29, 1.82) is 0 Å². The lowest BCUT2D eigenvalue weighted by Gasteiger charge is -1.98. The van der Waals surface area contributed by atoms with Crippen molar-refractivity contribution in [3.63, 3.8) is 0 Å². The zero-order valence-electron chi connectivity index (χ0n) is 11.7. The molecule has 1 saturated heterocycles. The Morgan fingerprint density at radius 2 is 1.36 bits per heavy atom. The molecule has 0 aliphatic carbocycles. The Kier molecular flexibility index (Phi) is 3.83. The van der Waals surface area contributed by atoms with Crippen LogP contribution in [0.3, 0.4) is 0 Å². The van der Waals surface area contributed by atoms with Gasteiger partial charge >= 0.3 is 6.09 Å². The van der Waals surface area contributed by atoms with Crippen molar-refractivity contribution in [2.75, 3.05) is 0 Å². The molecule has 0 atom stereocenters. The SMILES string of the molecule is O=C1NC(=O)/C(=C/c2ccc(/C=C/c3ccccc3)cc2)O1. The van der Waals surface area contributed by atoms with Crippen LogP contribution in [-0.2, 0) is 9.53 Å². The minimum Gasteiger partial charge on any atom is -0.404 e. The number of alkyl carbamates (subject to hydrolysis) is 1. The topological polar surface area (TPSA) is 55.4 Å². The number of hydrogen-bond acceptors (Lipinski definition) is 3. The van der Waals surface area contributed by atoms with Gasteiger partial charge in [0, 0.05) is 0 Å². The van der Waals surface area contributed by atoms with Gasteiger partial charge in [-0.1, -0.05) is 66.7 Å². The fourth-order valence-corrected chi connectivity index (χ4v) is 2.03. The van der Waals surface area contributed by atoms with E-state index in [1.807, 2.05) is 66.7 Å². The van der Waals surface area contributed by atoms with Gasteiger partial charge in [0.1, 0.15) is 0 Å². The maximum absolute atomic E-state index is 11.4. The predicted molar refractivity (Wildman–Crippen MR) is 84.4 cm³/mol. The van der Waals surface area contributed by atoms with Crippen LogP contribution in [-0.4, -0.2) is 12.0 Å². The Labute approximate surface area is 127 Å². The van der Waals surface area contributed by atoms with Crippen LogP contribution in [0.25, 0.3) is 18.2 Å². The molecule has 1 heterocycles. The van der Waals surface area contributed by atoms with Crippen molar-refractivity contribution in [3.05, 3.63) is 77.0 Å². The molecule has 0 unspecified atom stereocenters. The molecule has 1 N–H and O–H groups in total. The zero-order valence-corrected chi connectivity index (χ0v) is 11.7. The summed E-state index contributed by atoms with van der Waals surface area (Å²) in [6.45, 7) is 0. The van der Waals surface area contributed by atoms with Gasteiger partial charge in [-0.3, -0.25) is 10.1 Å². The fraction of sp³-hybridized carbons (Fsp3) is 0. The molecule has 3 rings (SSSR count). The quantitative estimate of drug-likeness (QED) is 0.696. The molecule has 1 aliphatic rings. The lowest BCUT2D eigenvalue weighted by atomic mass is 10.1. The van der Waals surface area contributed by atoms with Gasteiger partial charge in [-0.05, 0) is 22.8 Å². The highest BCUT2D eigenvalue weighted by Gasteiger charge is 2.25. The molecule has 2 amide bonds. The number of cyclic esters (lactones) is 1. The van der Waals surface area contributed by atoms with E-state index in [-0.39, 0.29) is 5.76 Å². The molecule has 4 nitrogen and oxygen atoms in total. The van der Waals surface area contributed by atoms with E-state index in [2.05, 4.69) is 5.32 Å². The molecule has 0 saturated carbocycles. The van der Waals surface area contributed by atoms with Gasteiger partial charge in [-0.15, -0.1) is 0 Å². The third-order valence-corrected chi connectivity index (χ3v) is 3.14. The highest BCUT2D eigenvalue weighted by molar-refractivity contribution is 6.09. The lowest BCUT2D eigenvalue weighted by Crippen LogP contribution is -2.18. The number of imide groups is 1. The molecule has 108 valence electrons. The highest BCUT2D eigenvalue weighted by atomic mass is 16.6. The molecular formula is C18H13NO3. The third kappa shape index (κ3) is 3.30. The summed E-state index contributed by atoms with van der Waals surface area (Å²) in [6, 6.07) is 17.6. The van der Waals surface area contributed by atoms with Gasteiger partial charge in [0.15, 0.2) is 5.76 Å². The average molecular weight is 291 g/mol. The Bertz CT molecular complexity index is 759. The van der Waals surface area contributed by atoms with Crippen LogP contribution in [0.1, 0.15) is 16.7 Å². The Balaban J connectivity index is 1.73. The van der Waals surface area contributed by atoms with Gasteiger partial charge in [0.25, 0.3) is 5.91 Å². The largest absolute Gasteiger partial charge is 0.419 e. The molecule has 4 heteroatoms. The number of benzene rings is 2. The van der Waals surface area contributed by atoms with E-state index in [4.69, 9.17) is 4.74 Å². The number of carbonyl (C=O) groups is 2. The van der Waals surface area contributed by atoms with Gasteiger partial charge < -0.3 is 4.74 Å². The van der Waals surface area contributed by atoms with Crippen molar-refractivity contribution in [2.45, 2.75) is 0 Å². The van der Waals surface area contributed by atoms with Crippen LogP contribution >= 0.6 is 0 Å². The number of amides is 2. The maximum Gasteiger partial charge on any atom is 0.419 e. The van der Waals surface area contributed by atoms with E-state index in [0.29, 0.717) is 0 Å². The standard InChI is InChI=1S/C18H13NO3/c20-17-16(22-18(21)19-17)12-15-10-8-14(9-11-15)7-6-13-4-2-1-3-5-13/h1-12H,(H,19,20,21)/b7-6+,16-12-. The number of ether oxygens (including phenoxy) is 1. The van der Waals surface area contributed by atoms with E-state index in [0.717, 1.165) is 16.7 Å². The van der Waals surface area contributed by atoms with E-state index < -0.39 is 12.0 Å². The van der Waals surface area contributed by atoms with Crippen LogP contribution in [0.2, 0.25) is 0 Å². The van der Waals surface area contributed by atoms with Crippen molar-refractivity contribution in [1.82, 2.24) is 5.32 Å². The first kappa shape index (κ1) is 13.8. The van der Waals surface area contributed by atoms with E-state index in [1.165, 1.54) is 6.08 Å². The molecule has 22 heavy (non-hydrogen) atoms. The second kappa shape index (κ2) is 6.10. The van der Waals surface area contributed by atoms with E-state index >= 15 is 0 Å².